The minimum absolute atomic E-state index is 0.186. The second kappa shape index (κ2) is 8.20. The topological polar surface area (TPSA) is 31.2 Å². The predicted octanol–water partition coefficient (Wildman–Crippen LogP) is 6.83. The van der Waals surface area contributed by atoms with Gasteiger partial charge in [0.15, 0.2) is 5.78 Å². The number of fused-ring (bicyclic) bond motifs is 1. The molecule has 0 aliphatic heterocycles. The highest BCUT2D eigenvalue weighted by atomic mass is 79.9. The standard InChI is InChI=1S/C27H22BrNO2/c1-31-23-13-11-22(12-14-23)29-25(19-7-9-21(28)10-8-19)17-24-26(29)15-20(16-27(24)30)18-5-3-2-4-6-18/h2-14,17,20H,15-16H2,1H3. The molecule has 154 valence electrons. The lowest BCUT2D eigenvalue weighted by molar-refractivity contribution is 0.0963. The number of ether oxygens (including phenoxy) is 1. The Labute approximate surface area is 190 Å². The minimum atomic E-state index is 0.186. The van der Waals surface area contributed by atoms with Crippen molar-refractivity contribution in [2.24, 2.45) is 0 Å². The molecule has 31 heavy (non-hydrogen) atoms. The van der Waals surface area contributed by atoms with Gasteiger partial charge in [-0.1, -0.05) is 58.4 Å². The van der Waals surface area contributed by atoms with Crippen LogP contribution in [0.15, 0.2) is 89.4 Å². The summed E-state index contributed by atoms with van der Waals surface area (Å²) in [6, 6.07) is 28.7. The summed E-state index contributed by atoms with van der Waals surface area (Å²) in [7, 11) is 1.67. The lowest BCUT2D eigenvalue weighted by atomic mass is 9.82. The van der Waals surface area contributed by atoms with Crippen molar-refractivity contribution in [3.8, 4) is 22.7 Å². The number of benzene rings is 3. The van der Waals surface area contributed by atoms with Crippen molar-refractivity contribution in [1.82, 2.24) is 4.57 Å². The minimum Gasteiger partial charge on any atom is -0.497 e. The number of ketones is 1. The SMILES string of the molecule is COc1ccc(-n2c(-c3ccc(Br)cc3)cc3c2CC(c2ccccc2)CC3=O)cc1. The van der Waals surface area contributed by atoms with Gasteiger partial charge in [0.1, 0.15) is 5.75 Å². The van der Waals surface area contributed by atoms with Crippen LogP contribution >= 0.6 is 15.9 Å². The third kappa shape index (κ3) is 3.72. The molecule has 0 radical (unpaired) electrons. The maximum absolute atomic E-state index is 13.2. The molecule has 1 atom stereocenters. The molecule has 1 aromatic heterocycles. The number of hydrogen-bond donors (Lipinski definition) is 0. The Hall–Kier alpha value is -3.11. The van der Waals surface area contributed by atoms with Crippen LogP contribution in [0.3, 0.4) is 0 Å². The lowest BCUT2D eigenvalue weighted by Crippen LogP contribution is -2.20. The molecule has 1 unspecified atom stereocenters. The van der Waals surface area contributed by atoms with Gasteiger partial charge in [0.2, 0.25) is 0 Å². The molecule has 0 bridgehead atoms. The van der Waals surface area contributed by atoms with Crippen LogP contribution in [0.4, 0.5) is 0 Å². The van der Waals surface area contributed by atoms with Gasteiger partial charge in [-0.15, -0.1) is 0 Å². The first-order chi connectivity index (χ1) is 15.1. The second-order valence-corrected chi connectivity index (χ2v) is 8.78. The molecule has 3 nitrogen and oxygen atoms in total. The molecule has 0 amide bonds. The van der Waals surface area contributed by atoms with Crippen molar-refractivity contribution < 1.29 is 9.53 Å². The summed E-state index contributed by atoms with van der Waals surface area (Å²) in [5.74, 6) is 1.21. The number of rotatable bonds is 4. The Morgan fingerprint density at radius 1 is 0.903 bits per heavy atom. The maximum atomic E-state index is 13.2. The van der Waals surface area contributed by atoms with Crippen LogP contribution in [0.5, 0.6) is 5.75 Å². The molecule has 0 fully saturated rings. The van der Waals surface area contributed by atoms with E-state index in [1.807, 2.05) is 42.5 Å². The molecule has 1 aliphatic carbocycles. The highest BCUT2D eigenvalue weighted by molar-refractivity contribution is 9.10. The molecular weight excluding hydrogens is 450 g/mol. The third-order valence-corrected chi connectivity index (χ3v) is 6.54. The molecular formula is C27H22BrNO2. The Morgan fingerprint density at radius 2 is 1.61 bits per heavy atom. The van der Waals surface area contributed by atoms with Gasteiger partial charge >= 0.3 is 0 Å². The molecule has 1 aliphatic rings. The third-order valence-electron chi connectivity index (χ3n) is 6.02. The number of nitrogens with zero attached hydrogens (tertiary/aromatic N) is 1. The predicted molar refractivity (Wildman–Crippen MR) is 127 cm³/mol. The molecule has 3 aromatic carbocycles. The molecule has 0 saturated heterocycles. The Balaban J connectivity index is 1.68. The lowest BCUT2D eigenvalue weighted by Gasteiger charge is -2.24. The van der Waals surface area contributed by atoms with E-state index >= 15 is 0 Å². The number of Topliss-reactive ketones (excluding diaryl/α,β-unsaturated/α-hetero) is 1. The van der Waals surface area contributed by atoms with Crippen molar-refractivity contribution in [2.75, 3.05) is 7.11 Å². The van der Waals surface area contributed by atoms with E-state index in [-0.39, 0.29) is 11.7 Å². The fraction of sp³-hybridized carbons (Fsp3) is 0.148. The summed E-state index contributed by atoms with van der Waals surface area (Å²) >= 11 is 3.52. The van der Waals surface area contributed by atoms with E-state index in [1.165, 1.54) is 5.56 Å². The van der Waals surface area contributed by atoms with Gasteiger partial charge in [0, 0.05) is 27.8 Å². The summed E-state index contributed by atoms with van der Waals surface area (Å²) in [5, 5.41) is 0. The van der Waals surface area contributed by atoms with Gasteiger partial charge in [-0.3, -0.25) is 4.79 Å². The van der Waals surface area contributed by atoms with Crippen LogP contribution in [0.2, 0.25) is 0 Å². The van der Waals surface area contributed by atoms with Crippen molar-refractivity contribution in [1.29, 1.82) is 0 Å². The van der Waals surface area contributed by atoms with Crippen molar-refractivity contribution in [2.45, 2.75) is 18.8 Å². The Morgan fingerprint density at radius 3 is 2.29 bits per heavy atom. The smallest absolute Gasteiger partial charge is 0.165 e. The van der Waals surface area contributed by atoms with Gasteiger partial charge in [0.25, 0.3) is 0 Å². The number of methoxy groups -OCH3 is 1. The summed E-state index contributed by atoms with van der Waals surface area (Å²) in [4.78, 5) is 13.2. The Bertz CT molecular complexity index is 1220. The first kappa shape index (κ1) is 19.8. The number of aromatic nitrogens is 1. The fourth-order valence-corrected chi connectivity index (χ4v) is 4.72. The van der Waals surface area contributed by atoms with E-state index in [1.54, 1.807) is 7.11 Å². The normalized spacial score (nSPS) is 15.5. The van der Waals surface area contributed by atoms with E-state index < -0.39 is 0 Å². The fourth-order valence-electron chi connectivity index (χ4n) is 4.45. The van der Waals surface area contributed by atoms with E-state index in [4.69, 9.17) is 4.74 Å². The van der Waals surface area contributed by atoms with Crippen molar-refractivity contribution in [3.63, 3.8) is 0 Å². The molecule has 0 saturated carbocycles. The number of carbonyl (C=O) groups is 1. The number of carbonyl (C=O) groups excluding carboxylic acids is 1. The van der Waals surface area contributed by atoms with E-state index in [0.717, 1.165) is 44.8 Å². The molecule has 5 rings (SSSR count). The van der Waals surface area contributed by atoms with Crippen molar-refractivity contribution >= 4 is 21.7 Å². The zero-order valence-electron chi connectivity index (χ0n) is 17.2. The second-order valence-electron chi connectivity index (χ2n) is 7.87. The zero-order valence-corrected chi connectivity index (χ0v) is 18.8. The highest BCUT2D eigenvalue weighted by Gasteiger charge is 2.31. The van der Waals surface area contributed by atoms with E-state index in [9.17, 15) is 4.79 Å². The van der Waals surface area contributed by atoms with Gasteiger partial charge < -0.3 is 9.30 Å². The summed E-state index contributed by atoms with van der Waals surface area (Å²) in [6.07, 6.45) is 1.37. The summed E-state index contributed by atoms with van der Waals surface area (Å²) in [6.45, 7) is 0. The molecule has 0 spiro atoms. The van der Waals surface area contributed by atoms with Gasteiger partial charge in [-0.2, -0.15) is 0 Å². The average molecular weight is 472 g/mol. The number of hydrogen-bond acceptors (Lipinski definition) is 2. The average Bonchev–Trinajstić information content (AvgIpc) is 3.20. The zero-order chi connectivity index (χ0) is 21.4. The maximum Gasteiger partial charge on any atom is 0.165 e. The summed E-state index contributed by atoms with van der Waals surface area (Å²) < 4.78 is 8.62. The number of halogens is 1. The van der Waals surface area contributed by atoms with Crippen LogP contribution < -0.4 is 4.74 Å². The Kier molecular flexibility index (Phi) is 5.24. The molecule has 0 N–H and O–H groups in total. The molecule has 4 aromatic rings. The largest absolute Gasteiger partial charge is 0.497 e. The van der Waals surface area contributed by atoms with Crippen molar-refractivity contribution in [3.05, 3.63) is 106 Å². The molecule has 4 heteroatoms. The van der Waals surface area contributed by atoms with Gasteiger partial charge in [-0.05, 0) is 65.9 Å². The quantitative estimate of drug-likeness (QED) is 0.326. The van der Waals surface area contributed by atoms with Crippen LogP contribution in [0.25, 0.3) is 16.9 Å². The molecule has 1 heterocycles. The van der Waals surface area contributed by atoms with E-state index in [2.05, 4.69) is 63.0 Å². The van der Waals surface area contributed by atoms with Crippen LogP contribution in [-0.4, -0.2) is 17.5 Å². The highest BCUT2D eigenvalue weighted by Crippen LogP contribution is 2.39. The van der Waals surface area contributed by atoms with Gasteiger partial charge in [-0.25, -0.2) is 0 Å². The first-order valence-electron chi connectivity index (χ1n) is 10.4. The first-order valence-corrected chi connectivity index (χ1v) is 11.2. The monoisotopic (exact) mass is 471 g/mol. The van der Waals surface area contributed by atoms with Gasteiger partial charge in [0.05, 0.1) is 12.8 Å². The van der Waals surface area contributed by atoms with Crippen LogP contribution in [0.1, 0.15) is 34.0 Å². The van der Waals surface area contributed by atoms with Crippen LogP contribution in [-0.2, 0) is 6.42 Å². The van der Waals surface area contributed by atoms with Crippen LogP contribution in [0, 0.1) is 0 Å². The summed E-state index contributed by atoms with van der Waals surface area (Å²) in [5.41, 5.74) is 6.27. The van der Waals surface area contributed by atoms with E-state index in [0.29, 0.717) is 6.42 Å².